The van der Waals surface area contributed by atoms with E-state index in [9.17, 15) is 8.42 Å². The van der Waals surface area contributed by atoms with Crippen LogP contribution in [0.25, 0.3) is 0 Å². The van der Waals surface area contributed by atoms with Crippen molar-refractivity contribution < 1.29 is 8.42 Å². The van der Waals surface area contributed by atoms with Gasteiger partial charge in [-0.25, -0.2) is 13.1 Å². The molecule has 1 aromatic rings. The lowest BCUT2D eigenvalue weighted by Crippen LogP contribution is -2.39. The second-order valence-corrected chi connectivity index (χ2v) is 8.83. The van der Waals surface area contributed by atoms with Crippen LogP contribution >= 0.6 is 27.5 Å². The first kappa shape index (κ1) is 17.9. The van der Waals surface area contributed by atoms with Gasteiger partial charge in [-0.05, 0) is 53.6 Å². The topological polar surface area (TPSA) is 49.4 Å². The molecule has 1 N–H and O–H groups in total. The highest BCUT2D eigenvalue weighted by Crippen LogP contribution is 2.25. The first-order chi connectivity index (χ1) is 9.03. The number of nitrogens with one attached hydrogen (secondary N) is 1. The van der Waals surface area contributed by atoms with Gasteiger partial charge in [0.1, 0.15) is 0 Å². The van der Waals surface area contributed by atoms with Crippen LogP contribution in [0.5, 0.6) is 0 Å². The van der Waals surface area contributed by atoms with Crippen LogP contribution in [-0.4, -0.2) is 40.5 Å². The first-order valence-corrected chi connectivity index (χ1v) is 8.78. The van der Waals surface area contributed by atoms with Crippen LogP contribution in [0.15, 0.2) is 27.6 Å². The highest BCUT2D eigenvalue weighted by atomic mass is 79.9. The van der Waals surface area contributed by atoms with Gasteiger partial charge in [0.15, 0.2) is 0 Å². The summed E-state index contributed by atoms with van der Waals surface area (Å²) >= 11 is 9.10. The molecule has 0 unspecified atom stereocenters. The van der Waals surface area contributed by atoms with E-state index < -0.39 is 10.0 Å². The largest absolute Gasteiger partial charge is 0.309 e. The molecule has 0 heterocycles. The summed E-state index contributed by atoms with van der Waals surface area (Å²) in [5.41, 5.74) is -0.153. The third-order valence-corrected chi connectivity index (χ3v) is 5.30. The Morgan fingerprint density at radius 1 is 1.35 bits per heavy atom. The second-order valence-electron chi connectivity index (χ2n) is 5.80. The van der Waals surface area contributed by atoms with E-state index in [2.05, 4.69) is 20.7 Å². The number of rotatable bonds is 6. The standard InChI is InChI=1S/C13H20BrClN2O2S/c1-13(2,9-17(3)4)8-16-20(18,19)10-5-6-12(15)11(14)7-10/h5-7,16H,8-9H2,1-4H3. The SMILES string of the molecule is CN(C)CC(C)(C)CNS(=O)(=O)c1ccc(Cl)c(Br)c1. The van der Waals surface area contributed by atoms with Crippen LogP contribution in [0, 0.1) is 5.41 Å². The quantitative estimate of drug-likeness (QED) is 0.821. The van der Waals surface area contributed by atoms with E-state index in [0.717, 1.165) is 6.54 Å². The van der Waals surface area contributed by atoms with Crippen molar-refractivity contribution in [1.29, 1.82) is 0 Å². The summed E-state index contributed by atoms with van der Waals surface area (Å²) < 4.78 is 27.7. The van der Waals surface area contributed by atoms with Gasteiger partial charge in [-0.15, -0.1) is 0 Å². The second kappa shape index (κ2) is 6.75. The number of benzene rings is 1. The maximum Gasteiger partial charge on any atom is 0.240 e. The molecule has 1 rings (SSSR count). The molecule has 1 aromatic carbocycles. The summed E-state index contributed by atoms with van der Waals surface area (Å²) in [4.78, 5) is 2.24. The summed E-state index contributed by atoms with van der Waals surface area (Å²) in [6.07, 6.45) is 0. The molecule has 0 aliphatic heterocycles. The Morgan fingerprint density at radius 3 is 2.45 bits per heavy atom. The van der Waals surface area contributed by atoms with Gasteiger partial charge < -0.3 is 4.90 Å². The third-order valence-electron chi connectivity index (χ3n) is 2.69. The van der Waals surface area contributed by atoms with Gasteiger partial charge in [-0.3, -0.25) is 0 Å². The van der Waals surface area contributed by atoms with Gasteiger partial charge in [0.25, 0.3) is 0 Å². The van der Waals surface area contributed by atoms with E-state index in [1.54, 1.807) is 6.07 Å². The average molecular weight is 384 g/mol. The van der Waals surface area contributed by atoms with Crippen molar-refractivity contribution in [3.63, 3.8) is 0 Å². The van der Waals surface area contributed by atoms with Crippen LogP contribution in [0.4, 0.5) is 0 Å². The summed E-state index contributed by atoms with van der Waals surface area (Å²) in [7, 11) is 0.404. The maximum absolute atomic E-state index is 12.2. The highest BCUT2D eigenvalue weighted by molar-refractivity contribution is 9.10. The molecule has 0 aliphatic rings. The fourth-order valence-electron chi connectivity index (χ4n) is 1.93. The molecule has 0 aliphatic carbocycles. The number of nitrogens with zero attached hydrogens (tertiary/aromatic N) is 1. The fraction of sp³-hybridized carbons (Fsp3) is 0.538. The van der Waals surface area contributed by atoms with E-state index in [1.807, 2.05) is 32.8 Å². The zero-order chi connectivity index (χ0) is 15.6. The van der Waals surface area contributed by atoms with E-state index >= 15 is 0 Å². The molecule has 0 fully saturated rings. The van der Waals surface area contributed by atoms with Crippen LogP contribution < -0.4 is 4.72 Å². The van der Waals surface area contributed by atoms with Crippen molar-refractivity contribution in [3.05, 3.63) is 27.7 Å². The summed E-state index contributed by atoms with van der Waals surface area (Å²) in [6, 6.07) is 4.56. The van der Waals surface area contributed by atoms with Gasteiger partial charge in [0.2, 0.25) is 10.0 Å². The number of halogens is 2. The average Bonchev–Trinajstić information content (AvgIpc) is 2.29. The molecule has 0 amide bonds. The molecule has 4 nitrogen and oxygen atoms in total. The molecule has 7 heteroatoms. The van der Waals surface area contributed by atoms with Crippen LogP contribution in [-0.2, 0) is 10.0 Å². The lowest BCUT2D eigenvalue weighted by molar-refractivity contribution is 0.242. The molecule has 114 valence electrons. The minimum Gasteiger partial charge on any atom is -0.309 e. The zero-order valence-electron chi connectivity index (χ0n) is 12.1. The number of sulfonamides is 1. The Hall–Kier alpha value is -0.140. The predicted molar refractivity (Wildman–Crippen MR) is 86.7 cm³/mol. The molecule has 0 spiro atoms. The minimum absolute atomic E-state index is 0.153. The lowest BCUT2D eigenvalue weighted by Gasteiger charge is -2.28. The molecule has 0 saturated heterocycles. The van der Waals surface area contributed by atoms with Gasteiger partial charge in [-0.1, -0.05) is 25.4 Å². The molecular weight excluding hydrogens is 364 g/mol. The normalized spacial score (nSPS) is 12.9. The van der Waals surface area contributed by atoms with Crippen LogP contribution in [0.1, 0.15) is 13.8 Å². The van der Waals surface area contributed by atoms with Crippen molar-refractivity contribution in [1.82, 2.24) is 9.62 Å². The maximum atomic E-state index is 12.2. The fourth-order valence-corrected chi connectivity index (χ4v) is 3.85. The van der Waals surface area contributed by atoms with E-state index in [-0.39, 0.29) is 10.3 Å². The van der Waals surface area contributed by atoms with Crippen molar-refractivity contribution in [2.75, 3.05) is 27.2 Å². The Morgan fingerprint density at radius 2 is 1.95 bits per heavy atom. The molecule has 0 saturated carbocycles. The van der Waals surface area contributed by atoms with Crippen molar-refractivity contribution in [3.8, 4) is 0 Å². The molecule has 0 atom stereocenters. The van der Waals surface area contributed by atoms with Crippen molar-refractivity contribution >= 4 is 37.6 Å². The Kier molecular flexibility index (Phi) is 6.04. The van der Waals surface area contributed by atoms with E-state index in [0.29, 0.717) is 16.0 Å². The minimum atomic E-state index is -3.53. The van der Waals surface area contributed by atoms with Crippen molar-refractivity contribution in [2.45, 2.75) is 18.7 Å². The van der Waals surface area contributed by atoms with E-state index in [1.165, 1.54) is 12.1 Å². The smallest absolute Gasteiger partial charge is 0.240 e. The molecule has 0 aromatic heterocycles. The van der Waals surface area contributed by atoms with Gasteiger partial charge in [-0.2, -0.15) is 0 Å². The lowest BCUT2D eigenvalue weighted by atomic mass is 9.93. The summed E-state index contributed by atoms with van der Waals surface area (Å²) in [6.45, 7) is 5.20. The Bertz CT molecular complexity index is 574. The van der Waals surface area contributed by atoms with Crippen LogP contribution in [0.3, 0.4) is 0 Å². The van der Waals surface area contributed by atoms with Crippen LogP contribution in [0.2, 0.25) is 5.02 Å². The Balaban J connectivity index is 2.82. The summed E-state index contributed by atoms with van der Waals surface area (Å²) in [5.74, 6) is 0. The van der Waals surface area contributed by atoms with Gasteiger partial charge in [0, 0.05) is 17.6 Å². The number of hydrogen-bond donors (Lipinski definition) is 1. The van der Waals surface area contributed by atoms with E-state index in [4.69, 9.17) is 11.6 Å². The molecule has 0 radical (unpaired) electrons. The van der Waals surface area contributed by atoms with Crippen molar-refractivity contribution in [2.24, 2.45) is 5.41 Å². The Labute approximate surface area is 134 Å². The zero-order valence-corrected chi connectivity index (χ0v) is 15.2. The third kappa shape index (κ3) is 5.33. The van der Waals surface area contributed by atoms with Gasteiger partial charge in [0.05, 0.1) is 9.92 Å². The summed E-state index contributed by atoms with van der Waals surface area (Å²) in [5, 5.41) is 0.483. The number of hydrogen-bond acceptors (Lipinski definition) is 3. The monoisotopic (exact) mass is 382 g/mol. The van der Waals surface area contributed by atoms with Gasteiger partial charge >= 0.3 is 0 Å². The molecular formula is C13H20BrClN2O2S. The molecule has 20 heavy (non-hydrogen) atoms. The highest BCUT2D eigenvalue weighted by Gasteiger charge is 2.23. The molecule has 0 bridgehead atoms. The predicted octanol–water partition coefficient (Wildman–Crippen LogP) is 2.97. The first-order valence-electron chi connectivity index (χ1n) is 6.13.